The zero-order valence-electron chi connectivity index (χ0n) is 11.2. The number of carboxylic acid groups (broad SMARTS) is 2. The van der Waals surface area contributed by atoms with Crippen molar-refractivity contribution in [1.29, 1.82) is 0 Å². The zero-order valence-corrected chi connectivity index (χ0v) is 11.2. The summed E-state index contributed by atoms with van der Waals surface area (Å²) in [4.78, 5) is 24.2. The molecule has 0 saturated carbocycles. The molecule has 0 aliphatic heterocycles. The Morgan fingerprint density at radius 1 is 1.00 bits per heavy atom. The summed E-state index contributed by atoms with van der Waals surface area (Å²) in [5.74, 6) is 0. The van der Waals surface area contributed by atoms with Crippen LogP contribution in [0.2, 0.25) is 0 Å². The maximum atomic E-state index is 11.1. The normalized spacial score (nSPS) is 10.1. The van der Waals surface area contributed by atoms with Crippen molar-refractivity contribution in [3.63, 3.8) is 0 Å². The quantitative estimate of drug-likeness (QED) is 0.784. The molecule has 1 aromatic carbocycles. The van der Waals surface area contributed by atoms with Gasteiger partial charge in [-0.3, -0.25) is 0 Å². The Bertz CT molecular complexity index is 488. The van der Waals surface area contributed by atoms with Gasteiger partial charge in [0.25, 0.3) is 0 Å². The molecule has 0 spiro atoms. The molecule has 19 heavy (non-hydrogen) atoms. The van der Waals surface area contributed by atoms with Gasteiger partial charge in [-0.15, -0.1) is 0 Å². The highest BCUT2D eigenvalue weighted by Crippen LogP contribution is 2.30. The molecule has 0 aliphatic carbocycles. The number of carbonyl (C=O) groups excluding carboxylic acids is 2. The van der Waals surface area contributed by atoms with Gasteiger partial charge in [0.1, 0.15) is 12.2 Å². The minimum absolute atomic E-state index is 0.170. The molecule has 0 N–H and O–H groups in total. The van der Waals surface area contributed by atoms with Crippen LogP contribution in [0.5, 0.6) is 0 Å². The van der Waals surface area contributed by atoms with Crippen molar-refractivity contribution < 1.29 is 19.8 Å². The van der Waals surface area contributed by atoms with E-state index < -0.39 is 12.2 Å². The minimum Gasteiger partial charge on any atom is -0.530 e. The number of hydrogen-bond donors (Lipinski definition) is 0. The van der Waals surface area contributed by atoms with Gasteiger partial charge in [0.15, 0.2) is 0 Å². The Labute approximate surface area is 111 Å². The number of nitrogens with zero attached hydrogens (tertiary/aromatic N) is 2. The van der Waals surface area contributed by atoms with E-state index in [2.05, 4.69) is 0 Å². The lowest BCUT2D eigenvalue weighted by atomic mass is 10.1. The molecular weight excluding hydrogens is 248 g/mol. The van der Waals surface area contributed by atoms with Gasteiger partial charge < -0.3 is 29.6 Å². The predicted molar refractivity (Wildman–Crippen MR) is 68.0 cm³/mol. The molecular formula is C13H16N2O4-2. The second kappa shape index (κ2) is 6.08. The van der Waals surface area contributed by atoms with Crippen molar-refractivity contribution in [3.8, 4) is 0 Å². The lowest BCUT2D eigenvalue weighted by Crippen LogP contribution is -2.45. The number of hydrogen-bond acceptors (Lipinski definition) is 4. The van der Waals surface area contributed by atoms with Crippen molar-refractivity contribution in [2.75, 3.05) is 22.9 Å². The van der Waals surface area contributed by atoms with Crippen LogP contribution in [0.3, 0.4) is 0 Å². The Kier molecular flexibility index (Phi) is 4.74. The van der Waals surface area contributed by atoms with Crippen LogP contribution in [-0.4, -0.2) is 25.3 Å². The molecule has 0 bridgehead atoms. The molecule has 6 heteroatoms. The zero-order chi connectivity index (χ0) is 14.6. The summed E-state index contributed by atoms with van der Waals surface area (Å²) in [7, 11) is 0. The van der Waals surface area contributed by atoms with Gasteiger partial charge in [0, 0.05) is 13.1 Å². The van der Waals surface area contributed by atoms with E-state index in [0.717, 1.165) is 15.4 Å². The second-order valence-electron chi connectivity index (χ2n) is 4.01. The van der Waals surface area contributed by atoms with Crippen LogP contribution in [0.25, 0.3) is 0 Å². The molecule has 0 saturated heterocycles. The third-order valence-corrected chi connectivity index (χ3v) is 2.79. The van der Waals surface area contributed by atoms with E-state index in [-0.39, 0.29) is 24.5 Å². The van der Waals surface area contributed by atoms with E-state index in [0.29, 0.717) is 0 Å². The van der Waals surface area contributed by atoms with Crippen LogP contribution in [-0.2, 0) is 0 Å². The first-order chi connectivity index (χ1) is 8.92. The maximum absolute atomic E-state index is 11.1. The lowest BCUT2D eigenvalue weighted by Gasteiger charge is -2.32. The van der Waals surface area contributed by atoms with E-state index in [4.69, 9.17) is 0 Å². The third kappa shape index (κ3) is 3.15. The average molecular weight is 264 g/mol. The third-order valence-electron chi connectivity index (χ3n) is 2.79. The smallest absolute Gasteiger partial charge is 0.141 e. The fourth-order valence-corrected chi connectivity index (χ4v) is 1.87. The Morgan fingerprint density at radius 2 is 1.47 bits per heavy atom. The van der Waals surface area contributed by atoms with Crippen LogP contribution in [0.1, 0.15) is 19.4 Å². The van der Waals surface area contributed by atoms with Gasteiger partial charge in [-0.2, -0.15) is 0 Å². The number of aryl methyl sites for hydroxylation is 1. The van der Waals surface area contributed by atoms with Gasteiger partial charge in [-0.05, 0) is 38.5 Å². The monoisotopic (exact) mass is 264 g/mol. The summed E-state index contributed by atoms with van der Waals surface area (Å²) in [5.41, 5.74) is 1.39. The summed E-state index contributed by atoms with van der Waals surface area (Å²) < 4.78 is 0. The fourth-order valence-electron chi connectivity index (χ4n) is 1.87. The van der Waals surface area contributed by atoms with Crippen molar-refractivity contribution in [1.82, 2.24) is 0 Å². The first kappa shape index (κ1) is 14.8. The van der Waals surface area contributed by atoms with E-state index in [1.54, 1.807) is 39.0 Å². The Balaban J connectivity index is 3.39. The molecule has 1 rings (SSSR count). The second-order valence-corrected chi connectivity index (χ2v) is 4.01. The topological polar surface area (TPSA) is 86.7 Å². The predicted octanol–water partition coefficient (Wildman–Crippen LogP) is 0.334. The first-order valence-corrected chi connectivity index (χ1v) is 6.00. The van der Waals surface area contributed by atoms with Crippen LogP contribution < -0.4 is 20.0 Å². The summed E-state index contributed by atoms with van der Waals surface area (Å²) in [6.45, 7) is 5.43. The average Bonchev–Trinajstić information content (AvgIpc) is 2.32. The van der Waals surface area contributed by atoms with Crippen molar-refractivity contribution >= 4 is 23.6 Å². The van der Waals surface area contributed by atoms with Gasteiger partial charge in [-0.25, -0.2) is 0 Å². The van der Waals surface area contributed by atoms with E-state index >= 15 is 0 Å². The summed E-state index contributed by atoms with van der Waals surface area (Å²) >= 11 is 0. The first-order valence-electron chi connectivity index (χ1n) is 6.00. The van der Waals surface area contributed by atoms with Gasteiger partial charge in [-0.1, -0.05) is 6.07 Å². The lowest BCUT2D eigenvalue weighted by molar-refractivity contribution is -0.247. The summed E-state index contributed by atoms with van der Waals surface area (Å²) in [6, 6.07) is 4.89. The summed E-state index contributed by atoms with van der Waals surface area (Å²) in [6.07, 6.45) is -2.74. The number of carbonyl (C=O) groups is 2. The molecule has 0 atom stereocenters. The molecule has 0 radical (unpaired) electrons. The number of benzene rings is 1. The number of anilines is 2. The van der Waals surface area contributed by atoms with Crippen LogP contribution >= 0.6 is 0 Å². The molecule has 0 fully saturated rings. The van der Waals surface area contributed by atoms with Crippen molar-refractivity contribution in [2.24, 2.45) is 0 Å². The largest absolute Gasteiger partial charge is 0.530 e. The highest BCUT2D eigenvalue weighted by Gasteiger charge is 2.16. The minimum atomic E-state index is -1.37. The van der Waals surface area contributed by atoms with Crippen molar-refractivity contribution in [3.05, 3.63) is 23.8 Å². The Morgan fingerprint density at radius 3 is 1.89 bits per heavy atom. The molecule has 6 nitrogen and oxygen atoms in total. The van der Waals surface area contributed by atoms with Crippen molar-refractivity contribution in [2.45, 2.75) is 20.8 Å². The van der Waals surface area contributed by atoms with E-state index in [1.165, 1.54) is 0 Å². The van der Waals surface area contributed by atoms with Gasteiger partial charge in [0.05, 0.1) is 11.4 Å². The number of rotatable bonds is 4. The molecule has 0 heterocycles. The highest BCUT2D eigenvalue weighted by molar-refractivity contribution is 5.96. The summed E-state index contributed by atoms with van der Waals surface area (Å²) in [5, 5.41) is 22.2. The standard InChI is InChI=1S/C13H18N2O4/c1-4-14(12(16)17)10-7-6-9(3)8-11(10)15(5-2)13(18)19/h6-8H,4-5H2,1-3H3,(H,16,17)(H,18,19)/p-2. The molecule has 0 aromatic heterocycles. The maximum Gasteiger partial charge on any atom is 0.141 e. The molecule has 0 unspecified atom stereocenters. The van der Waals surface area contributed by atoms with E-state index in [9.17, 15) is 19.8 Å². The number of amides is 2. The van der Waals surface area contributed by atoms with Crippen LogP contribution in [0, 0.1) is 6.92 Å². The Hall–Kier alpha value is -2.24. The molecule has 2 amide bonds. The fraction of sp³-hybridized carbons (Fsp3) is 0.385. The highest BCUT2D eigenvalue weighted by atomic mass is 16.4. The molecule has 104 valence electrons. The molecule has 1 aromatic rings. The SMILES string of the molecule is CCN(C(=O)[O-])c1ccc(C)cc1N(CC)C(=O)[O-]. The van der Waals surface area contributed by atoms with Crippen LogP contribution in [0.4, 0.5) is 21.0 Å². The van der Waals surface area contributed by atoms with E-state index in [1.807, 2.05) is 0 Å². The van der Waals surface area contributed by atoms with Gasteiger partial charge >= 0.3 is 0 Å². The molecule has 0 aliphatic rings. The van der Waals surface area contributed by atoms with Crippen LogP contribution in [0.15, 0.2) is 18.2 Å². The van der Waals surface area contributed by atoms with Gasteiger partial charge in [0.2, 0.25) is 0 Å².